The van der Waals surface area contributed by atoms with Gasteiger partial charge in [0.2, 0.25) is 10.1 Å². The Bertz CT molecular complexity index is 673. The molecule has 124 valence electrons. The van der Waals surface area contributed by atoms with Crippen LogP contribution in [0.5, 0.6) is 0 Å². The number of ether oxygens (including phenoxy) is 1. The van der Waals surface area contributed by atoms with Crippen LogP contribution < -0.4 is 4.90 Å². The van der Waals surface area contributed by atoms with Crippen molar-refractivity contribution in [3.8, 4) is 0 Å². The molecule has 0 bridgehead atoms. The molecule has 1 aromatic carbocycles. The zero-order valence-electron chi connectivity index (χ0n) is 12.0. The normalized spacial score (nSPS) is 22.4. The molecule has 0 N–H and O–H groups in total. The molecule has 0 aliphatic carbocycles. The van der Waals surface area contributed by atoms with E-state index in [9.17, 15) is 17.6 Å². The summed E-state index contributed by atoms with van der Waals surface area (Å²) < 4.78 is 56.8. The molecule has 23 heavy (non-hydrogen) atoms. The fourth-order valence-electron chi connectivity index (χ4n) is 2.43. The number of morpholine rings is 1. The lowest BCUT2D eigenvalue weighted by Gasteiger charge is -2.36. The third-order valence-corrected chi connectivity index (χ3v) is 4.46. The highest BCUT2D eigenvalue weighted by Gasteiger charge is 2.37. The zero-order chi connectivity index (χ0) is 16.6. The summed E-state index contributed by atoms with van der Waals surface area (Å²) in [5.41, 5.74) is 0.767. The van der Waals surface area contributed by atoms with Gasteiger partial charge < -0.3 is 9.64 Å². The van der Waals surface area contributed by atoms with Crippen LogP contribution in [0.4, 0.5) is 22.7 Å². The minimum atomic E-state index is -4.50. The Morgan fingerprint density at radius 3 is 2.48 bits per heavy atom. The van der Waals surface area contributed by atoms with E-state index in [1.165, 1.54) is 12.1 Å². The predicted octanol–water partition coefficient (Wildman–Crippen LogP) is 3.66. The number of halogens is 4. The van der Waals surface area contributed by atoms with Crippen molar-refractivity contribution < 1.29 is 22.3 Å². The molecular formula is C14H13F4N3OS. The Morgan fingerprint density at radius 2 is 1.87 bits per heavy atom. The van der Waals surface area contributed by atoms with Gasteiger partial charge in [-0.2, -0.15) is 13.2 Å². The Balaban J connectivity index is 1.80. The van der Waals surface area contributed by atoms with Crippen molar-refractivity contribution in [1.82, 2.24) is 10.2 Å². The lowest BCUT2D eigenvalue weighted by molar-refractivity contribution is -0.138. The molecule has 0 spiro atoms. The zero-order valence-corrected chi connectivity index (χ0v) is 12.9. The number of hydrogen-bond acceptors (Lipinski definition) is 5. The van der Waals surface area contributed by atoms with E-state index in [-0.39, 0.29) is 23.2 Å². The van der Waals surface area contributed by atoms with Crippen LogP contribution in [0.15, 0.2) is 24.3 Å². The highest BCUT2D eigenvalue weighted by atomic mass is 32.1. The second kappa shape index (κ2) is 6.04. The third kappa shape index (κ3) is 3.61. The number of rotatable bonds is 2. The Kier molecular flexibility index (Phi) is 4.24. The van der Waals surface area contributed by atoms with Crippen molar-refractivity contribution in [3.05, 3.63) is 40.7 Å². The van der Waals surface area contributed by atoms with Gasteiger partial charge in [0.05, 0.1) is 12.6 Å². The summed E-state index contributed by atoms with van der Waals surface area (Å²) in [6.07, 6.45) is -5.06. The number of alkyl halides is 3. The minimum Gasteiger partial charge on any atom is -0.367 e. The van der Waals surface area contributed by atoms with Gasteiger partial charge in [0.1, 0.15) is 11.9 Å². The molecule has 1 saturated heterocycles. The average molecular weight is 347 g/mol. The predicted molar refractivity (Wildman–Crippen MR) is 76.8 cm³/mol. The molecule has 4 nitrogen and oxygen atoms in total. The molecule has 2 unspecified atom stereocenters. The van der Waals surface area contributed by atoms with E-state index in [4.69, 9.17) is 4.74 Å². The first-order valence-corrected chi connectivity index (χ1v) is 7.71. The number of aromatic nitrogens is 2. The maximum absolute atomic E-state index is 13.0. The molecule has 0 saturated carbocycles. The monoisotopic (exact) mass is 347 g/mol. The van der Waals surface area contributed by atoms with E-state index in [0.29, 0.717) is 24.4 Å². The molecule has 1 fully saturated rings. The largest absolute Gasteiger partial charge is 0.445 e. The lowest BCUT2D eigenvalue weighted by Crippen LogP contribution is -2.42. The van der Waals surface area contributed by atoms with E-state index in [0.717, 1.165) is 5.56 Å². The highest BCUT2D eigenvalue weighted by molar-refractivity contribution is 7.15. The molecule has 9 heteroatoms. The minimum absolute atomic E-state index is 0.197. The van der Waals surface area contributed by atoms with Crippen molar-refractivity contribution in [3.63, 3.8) is 0 Å². The van der Waals surface area contributed by atoms with Gasteiger partial charge in [-0.1, -0.05) is 23.5 Å². The number of nitrogens with zero attached hydrogens (tertiary/aromatic N) is 3. The van der Waals surface area contributed by atoms with Crippen LogP contribution in [0.1, 0.15) is 23.6 Å². The Morgan fingerprint density at radius 1 is 1.17 bits per heavy atom. The van der Waals surface area contributed by atoms with Crippen LogP contribution in [0.3, 0.4) is 0 Å². The molecule has 3 rings (SSSR count). The third-order valence-electron chi connectivity index (χ3n) is 3.43. The quantitative estimate of drug-likeness (QED) is 0.777. The van der Waals surface area contributed by atoms with E-state index in [1.54, 1.807) is 17.0 Å². The van der Waals surface area contributed by atoms with Crippen molar-refractivity contribution in [1.29, 1.82) is 0 Å². The second-order valence-electron chi connectivity index (χ2n) is 5.28. The summed E-state index contributed by atoms with van der Waals surface area (Å²) in [6.45, 7) is 2.58. The fraction of sp³-hybridized carbons (Fsp3) is 0.429. The maximum atomic E-state index is 13.0. The molecule has 0 amide bonds. The van der Waals surface area contributed by atoms with Crippen LogP contribution >= 0.6 is 11.3 Å². The van der Waals surface area contributed by atoms with Gasteiger partial charge in [-0.15, -0.1) is 10.2 Å². The van der Waals surface area contributed by atoms with Gasteiger partial charge >= 0.3 is 6.18 Å². The molecule has 0 radical (unpaired) electrons. The van der Waals surface area contributed by atoms with Crippen LogP contribution in [0, 0.1) is 5.82 Å². The van der Waals surface area contributed by atoms with E-state index < -0.39 is 11.2 Å². The van der Waals surface area contributed by atoms with Crippen LogP contribution in [-0.4, -0.2) is 29.4 Å². The topological polar surface area (TPSA) is 38.2 Å². The van der Waals surface area contributed by atoms with Crippen LogP contribution in [0.25, 0.3) is 0 Å². The van der Waals surface area contributed by atoms with Gasteiger partial charge in [-0.25, -0.2) is 4.39 Å². The van der Waals surface area contributed by atoms with Crippen molar-refractivity contribution in [2.75, 3.05) is 18.0 Å². The molecule has 1 aromatic heterocycles. The van der Waals surface area contributed by atoms with Crippen LogP contribution in [-0.2, 0) is 10.9 Å². The summed E-state index contributed by atoms with van der Waals surface area (Å²) in [6, 6.07) is 5.87. The Hall–Kier alpha value is -1.74. The first-order valence-electron chi connectivity index (χ1n) is 6.89. The summed E-state index contributed by atoms with van der Waals surface area (Å²) in [5.74, 6) is -0.353. The van der Waals surface area contributed by atoms with E-state index in [1.807, 2.05) is 6.92 Å². The first kappa shape index (κ1) is 16.1. The van der Waals surface area contributed by atoms with E-state index in [2.05, 4.69) is 10.2 Å². The smallest absolute Gasteiger partial charge is 0.367 e. The summed E-state index contributed by atoms with van der Waals surface area (Å²) in [7, 11) is 0. The second-order valence-corrected chi connectivity index (χ2v) is 6.24. The van der Waals surface area contributed by atoms with Gasteiger partial charge in [0.25, 0.3) is 0 Å². The Labute approximate surface area is 133 Å². The van der Waals surface area contributed by atoms with Crippen molar-refractivity contribution in [2.24, 2.45) is 0 Å². The number of benzene rings is 1. The standard InChI is InChI=1S/C14H13F4N3OS/c1-8-6-21(13-20-19-12(23-13)14(16,17)18)7-11(22-8)9-2-4-10(15)5-3-9/h2-5,8,11H,6-7H2,1H3. The average Bonchev–Trinajstić information content (AvgIpc) is 2.97. The number of hydrogen-bond donors (Lipinski definition) is 0. The summed E-state index contributed by atoms with van der Waals surface area (Å²) in [5, 5.41) is 6.09. The van der Waals surface area contributed by atoms with Gasteiger partial charge in [-0.05, 0) is 24.6 Å². The highest BCUT2D eigenvalue weighted by Crippen LogP contribution is 2.36. The van der Waals surface area contributed by atoms with Gasteiger partial charge in [0, 0.05) is 6.54 Å². The number of anilines is 1. The molecule has 2 aromatic rings. The van der Waals surface area contributed by atoms with E-state index >= 15 is 0 Å². The lowest BCUT2D eigenvalue weighted by atomic mass is 10.1. The fourth-order valence-corrected chi connectivity index (χ4v) is 3.16. The summed E-state index contributed by atoms with van der Waals surface area (Å²) >= 11 is 0.511. The molecule has 2 atom stereocenters. The van der Waals surface area contributed by atoms with Gasteiger partial charge in [-0.3, -0.25) is 0 Å². The maximum Gasteiger partial charge on any atom is 0.445 e. The molecule has 2 heterocycles. The van der Waals surface area contributed by atoms with Gasteiger partial charge in [0.15, 0.2) is 0 Å². The van der Waals surface area contributed by atoms with Crippen LogP contribution in [0.2, 0.25) is 0 Å². The summed E-state index contributed by atoms with van der Waals surface area (Å²) in [4.78, 5) is 1.72. The molecular weight excluding hydrogens is 334 g/mol. The first-order chi connectivity index (χ1) is 10.8. The molecule has 1 aliphatic rings. The molecule has 1 aliphatic heterocycles. The van der Waals surface area contributed by atoms with Crippen molar-refractivity contribution >= 4 is 16.5 Å². The SMILES string of the molecule is CC1CN(c2nnc(C(F)(F)F)s2)CC(c2ccc(F)cc2)O1. The van der Waals surface area contributed by atoms with Crippen molar-refractivity contribution in [2.45, 2.75) is 25.3 Å².